The summed E-state index contributed by atoms with van der Waals surface area (Å²) in [5.41, 5.74) is 5.95. The molecule has 0 saturated heterocycles. The molecule has 3 aromatic carbocycles. The van der Waals surface area contributed by atoms with Gasteiger partial charge in [0.15, 0.2) is 0 Å². The van der Waals surface area contributed by atoms with Gasteiger partial charge in [0, 0.05) is 12.5 Å². The first-order chi connectivity index (χ1) is 14.2. The van der Waals surface area contributed by atoms with E-state index in [-0.39, 0.29) is 19.1 Å². The van der Waals surface area contributed by atoms with Crippen molar-refractivity contribution < 1.29 is 14.6 Å². The summed E-state index contributed by atoms with van der Waals surface area (Å²) in [6.45, 7) is 0.462. The molecule has 0 spiro atoms. The van der Waals surface area contributed by atoms with Crippen LogP contribution in [0.3, 0.4) is 0 Å². The first kappa shape index (κ1) is 19.2. The maximum Gasteiger partial charge on any atom is 0.407 e. The highest BCUT2D eigenvalue weighted by molar-refractivity contribution is 5.79. The molecule has 0 bridgehead atoms. The highest BCUT2D eigenvalue weighted by atomic mass is 16.5. The standard InChI is InChI=1S/C25H25NO3/c27-19(15-14-18-8-2-1-3-9-18)16-26-25(28)29-17-24-22-12-6-4-10-20(22)21-11-5-7-13-23(21)24/h1-13,19,24,27H,14-17H2,(H,26,28). The first-order valence-corrected chi connectivity index (χ1v) is 10.0. The summed E-state index contributed by atoms with van der Waals surface area (Å²) in [5, 5.41) is 12.8. The van der Waals surface area contributed by atoms with Gasteiger partial charge in [-0.25, -0.2) is 4.79 Å². The number of hydrogen-bond acceptors (Lipinski definition) is 3. The average Bonchev–Trinajstić information content (AvgIpc) is 3.09. The lowest BCUT2D eigenvalue weighted by atomic mass is 9.98. The van der Waals surface area contributed by atoms with E-state index in [9.17, 15) is 9.90 Å². The van der Waals surface area contributed by atoms with E-state index < -0.39 is 12.2 Å². The van der Waals surface area contributed by atoms with Crippen LogP contribution >= 0.6 is 0 Å². The van der Waals surface area contributed by atoms with E-state index in [0.29, 0.717) is 6.42 Å². The van der Waals surface area contributed by atoms with Gasteiger partial charge < -0.3 is 15.2 Å². The van der Waals surface area contributed by atoms with E-state index in [1.807, 2.05) is 54.6 Å². The van der Waals surface area contributed by atoms with Crippen LogP contribution in [0.1, 0.15) is 29.0 Å². The van der Waals surface area contributed by atoms with Gasteiger partial charge in [-0.3, -0.25) is 0 Å². The van der Waals surface area contributed by atoms with Crippen molar-refractivity contribution in [1.82, 2.24) is 5.32 Å². The number of benzene rings is 3. The first-order valence-electron chi connectivity index (χ1n) is 10.0. The second-order valence-electron chi connectivity index (χ2n) is 7.38. The Balaban J connectivity index is 1.28. The van der Waals surface area contributed by atoms with Gasteiger partial charge in [0.05, 0.1) is 6.10 Å². The van der Waals surface area contributed by atoms with Crippen molar-refractivity contribution >= 4 is 6.09 Å². The normalized spacial score (nSPS) is 13.4. The maximum atomic E-state index is 12.2. The molecule has 0 aliphatic heterocycles. The molecular formula is C25H25NO3. The van der Waals surface area contributed by atoms with E-state index in [4.69, 9.17) is 4.74 Å². The van der Waals surface area contributed by atoms with Crippen molar-refractivity contribution in [2.45, 2.75) is 24.9 Å². The summed E-state index contributed by atoms with van der Waals surface area (Å²) in [4.78, 5) is 12.2. The summed E-state index contributed by atoms with van der Waals surface area (Å²) in [6.07, 6.45) is 0.267. The van der Waals surface area contributed by atoms with Crippen LogP contribution in [0.5, 0.6) is 0 Å². The van der Waals surface area contributed by atoms with Gasteiger partial charge in [-0.1, -0.05) is 78.9 Å². The Bertz CT molecular complexity index is 925. The second-order valence-corrected chi connectivity index (χ2v) is 7.38. The smallest absolute Gasteiger partial charge is 0.407 e. The minimum atomic E-state index is -0.601. The number of rotatable bonds is 7. The lowest BCUT2D eigenvalue weighted by Gasteiger charge is -2.16. The Morgan fingerprint density at radius 2 is 1.48 bits per heavy atom. The number of nitrogens with one attached hydrogen (secondary N) is 1. The number of amides is 1. The number of aryl methyl sites for hydroxylation is 1. The molecule has 0 saturated carbocycles. The zero-order valence-corrected chi connectivity index (χ0v) is 16.3. The number of ether oxygens (including phenoxy) is 1. The number of hydrogen-bond donors (Lipinski definition) is 2. The molecule has 1 atom stereocenters. The van der Waals surface area contributed by atoms with Crippen molar-refractivity contribution in [1.29, 1.82) is 0 Å². The van der Waals surface area contributed by atoms with Crippen LogP contribution in [0, 0.1) is 0 Å². The summed E-state index contributed by atoms with van der Waals surface area (Å²) in [5.74, 6) is 0.0381. The van der Waals surface area contributed by atoms with Crippen molar-refractivity contribution in [3.8, 4) is 11.1 Å². The fraction of sp³-hybridized carbons (Fsp3) is 0.240. The third-order valence-corrected chi connectivity index (χ3v) is 5.43. The van der Waals surface area contributed by atoms with Crippen molar-refractivity contribution in [3.05, 3.63) is 95.6 Å². The third kappa shape index (κ3) is 4.49. The largest absolute Gasteiger partial charge is 0.449 e. The van der Waals surface area contributed by atoms with Crippen molar-refractivity contribution in [2.24, 2.45) is 0 Å². The number of aliphatic hydroxyl groups excluding tert-OH is 1. The molecule has 4 nitrogen and oxygen atoms in total. The Labute approximate surface area is 171 Å². The fourth-order valence-electron chi connectivity index (χ4n) is 3.93. The third-order valence-electron chi connectivity index (χ3n) is 5.43. The van der Waals surface area contributed by atoms with Gasteiger partial charge in [0.2, 0.25) is 0 Å². The molecule has 1 unspecified atom stereocenters. The zero-order valence-electron chi connectivity index (χ0n) is 16.3. The van der Waals surface area contributed by atoms with Crippen LogP contribution in [-0.2, 0) is 11.2 Å². The number of alkyl carbamates (subject to hydrolysis) is 1. The van der Waals surface area contributed by atoms with Gasteiger partial charge in [0.1, 0.15) is 6.61 Å². The lowest BCUT2D eigenvalue weighted by Crippen LogP contribution is -2.33. The van der Waals surface area contributed by atoms with Crippen LogP contribution in [0.4, 0.5) is 4.79 Å². The molecular weight excluding hydrogens is 362 g/mol. The van der Waals surface area contributed by atoms with E-state index >= 15 is 0 Å². The highest BCUT2D eigenvalue weighted by Crippen LogP contribution is 2.44. The van der Waals surface area contributed by atoms with Crippen LogP contribution in [0.25, 0.3) is 11.1 Å². The Kier molecular flexibility index (Phi) is 5.92. The second kappa shape index (κ2) is 8.93. The van der Waals surface area contributed by atoms with Gasteiger partial charge in [-0.15, -0.1) is 0 Å². The summed E-state index contributed by atoms with van der Waals surface area (Å²) >= 11 is 0. The van der Waals surface area contributed by atoms with E-state index in [1.165, 1.54) is 27.8 Å². The number of fused-ring (bicyclic) bond motifs is 3. The molecule has 4 rings (SSSR count). The molecule has 0 fully saturated rings. The molecule has 0 radical (unpaired) electrons. The van der Waals surface area contributed by atoms with E-state index in [0.717, 1.165) is 6.42 Å². The molecule has 29 heavy (non-hydrogen) atoms. The molecule has 1 amide bonds. The van der Waals surface area contributed by atoms with E-state index in [2.05, 4.69) is 29.6 Å². The number of aliphatic hydroxyl groups is 1. The minimum absolute atomic E-state index is 0.0381. The fourth-order valence-corrected chi connectivity index (χ4v) is 3.93. The predicted octanol–water partition coefficient (Wildman–Crippen LogP) is 4.52. The Hall–Kier alpha value is -3.11. The Morgan fingerprint density at radius 1 is 0.897 bits per heavy atom. The lowest BCUT2D eigenvalue weighted by molar-refractivity contribution is 0.125. The van der Waals surface area contributed by atoms with Crippen LogP contribution < -0.4 is 5.32 Å². The van der Waals surface area contributed by atoms with Gasteiger partial charge in [-0.05, 0) is 40.7 Å². The maximum absolute atomic E-state index is 12.2. The molecule has 3 aromatic rings. The molecule has 4 heteroatoms. The molecule has 1 aliphatic rings. The van der Waals surface area contributed by atoms with Crippen molar-refractivity contribution in [2.75, 3.05) is 13.2 Å². The molecule has 0 aromatic heterocycles. The van der Waals surface area contributed by atoms with Crippen LogP contribution in [0.2, 0.25) is 0 Å². The monoisotopic (exact) mass is 387 g/mol. The minimum Gasteiger partial charge on any atom is -0.449 e. The molecule has 2 N–H and O–H groups in total. The summed E-state index contributed by atoms with van der Waals surface area (Å²) < 4.78 is 5.49. The SMILES string of the molecule is O=C(NCC(O)CCc1ccccc1)OCC1c2ccccc2-c2ccccc21. The molecule has 0 heterocycles. The highest BCUT2D eigenvalue weighted by Gasteiger charge is 2.28. The molecule has 1 aliphatic carbocycles. The van der Waals surface area contributed by atoms with E-state index in [1.54, 1.807) is 0 Å². The number of carbonyl (C=O) groups is 1. The van der Waals surface area contributed by atoms with Gasteiger partial charge >= 0.3 is 6.09 Å². The summed E-state index contributed by atoms with van der Waals surface area (Å²) in [6, 6.07) is 26.5. The van der Waals surface area contributed by atoms with Crippen molar-refractivity contribution in [3.63, 3.8) is 0 Å². The van der Waals surface area contributed by atoms with Crippen LogP contribution in [0.15, 0.2) is 78.9 Å². The topological polar surface area (TPSA) is 58.6 Å². The van der Waals surface area contributed by atoms with Gasteiger partial charge in [-0.2, -0.15) is 0 Å². The van der Waals surface area contributed by atoms with Gasteiger partial charge in [0.25, 0.3) is 0 Å². The quantitative estimate of drug-likeness (QED) is 0.627. The summed E-state index contributed by atoms with van der Waals surface area (Å²) in [7, 11) is 0. The van der Waals surface area contributed by atoms with Crippen LogP contribution in [-0.4, -0.2) is 30.5 Å². The number of carbonyl (C=O) groups excluding carboxylic acids is 1. The Morgan fingerprint density at radius 3 is 2.14 bits per heavy atom. The zero-order chi connectivity index (χ0) is 20.1. The predicted molar refractivity (Wildman–Crippen MR) is 114 cm³/mol. The molecule has 148 valence electrons. The average molecular weight is 387 g/mol.